The van der Waals surface area contributed by atoms with Crippen LogP contribution in [0.15, 0.2) is 58.1 Å². The lowest BCUT2D eigenvalue weighted by Gasteiger charge is -2.60. The predicted octanol–water partition coefficient (Wildman–Crippen LogP) is 3.99. The van der Waals surface area contributed by atoms with Gasteiger partial charge in [0.15, 0.2) is 0 Å². The van der Waals surface area contributed by atoms with E-state index in [1.54, 1.807) is 18.5 Å². The standard InChI is InChI=1S/C25H27N3O3/c29-23(16-28-24(30)22-6-2-1-4-20(22)14-26-28)27(15-21-5-3-7-31-21)25-11-17-8-18(12-25)10-19(9-17)13-25/h1-7,14,17-19H,8-13,15-16H2. The maximum absolute atomic E-state index is 13.7. The average Bonchev–Trinajstić information content (AvgIpc) is 3.26. The third kappa shape index (κ3) is 3.20. The van der Waals surface area contributed by atoms with Crippen LogP contribution >= 0.6 is 0 Å². The van der Waals surface area contributed by atoms with E-state index in [0.29, 0.717) is 11.9 Å². The molecule has 0 spiro atoms. The average molecular weight is 418 g/mol. The number of amides is 1. The van der Waals surface area contributed by atoms with Gasteiger partial charge in [-0.3, -0.25) is 9.59 Å². The lowest BCUT2D eigenvalue weighted by atomic mass is 9.52. The second-order valence-corrected chi connectivity index (χ2v) is 9.90. The van der Waals surface area contributed by atoms with Gasteiger partial charge in [0, 0.05) is 10.9 Å². The maximum Gasteiger partial charge on any atom is 0.275 e. The molecule has 4 fully saturated rings. The van der Waals surface area contributed by atoms with Crippen LogP contribution in [0, 0.1) is 17.8 Å². The number of aromatic nitrogens is 2. The van der Waals surface area contributed by atoms with Gasteiger partial charge in [-0.2, -0.15) is 5.10 Å². The highest BCUT2D eigenvalue weighted by atomic mass is 16.3. The van der Waals surface area contributed by atoms with Crippen molar-refractivity contribution in [2.24, 2.45) is 17.8 Å². The zero-order valence-corrected chi connectivity index (χ0v) is 17.6. The van der Waals surface area contributed by atoms with Gasteiger partial charge in [0.25, 0.3) is 5.56 Å². The first kappa shape index (κ1) is 18.8. The molecule has 7 rings (SSSR count). The number of fused-ring (bicyclic) bond motifs is 1. The monoisotopic (exact) mass is 417 g/mol. The quantitative estimate of drug-likeness (QED) is 0.630. The summed E-state index contributed by atoms with van der Waals surface area (Å²) in [5.74, 6) is 2.92. The van der Waals surface area contributed by atoms with E-state index in [2.05, 4.69) is 5.10 Å². The summed E-state index contributed by atoms with van der Waals surface area (Å²) in [6, 6.07) is 11.2. The van der Waals surface area contributed by atoms with E-state index in [1.165, 1.54) is 23.9 Å². The zero-order valence-electron chi connectivity index (χ0n) is 17.6. The molecule has 31 heavy (non-hydrogen) atoms. The summed E-state index contributed by atoms with van der Waals surface area (Å²) >= 11 is 0. The van der Waals surface area contributed by atoms with Crippen molar-refractivity contribution in [3.8, 4) is 0 Å². The van der Waals surface area contributed by atoms with Gasteiger partial charge in [-0.25, -0.2) is 4.68 Å². The summed E-state index contributed by atoms with van der Waals surface area (Å²) < 4.78 is 6.95. The molecular formula is C25H27N3O3. The Bertz CT molecular complexity index is 1140. The lowest BCUT2D eigenvalue weighted by molar-refractivity contribution is -0.154. The van der Waals surface area contributed by atoms with Crippen LogP contribution in [0.5, 0.6) is 0 Å². The van der Waals surface area contributed by atoms with Crippen LogP contribution in [0.4, 0.5) is 0 Å². The van der Waals surface area contributed by atoms with Crippen molar-refractivity contribution in [2.45, 2.75) is 57.2 Å². The van der Waals surface area contributed by atoms with Crippen LogP contribution in [-0.2, 0) is 17.9 Å². The van der Waals surface area contributed by atoms with Crippen molar-refractivity contribution >= 4 is 16.7 Å². The van der Waals surface area contributed by atoms with E-state index < -0.39 is 0 Å². The fraction of sp³-hybridized carbons (Fsp3) is 0.480. The summed E-state index contributed by atoms with van der Waals surface area (Å²) in [4.78, 5) is 28.7. The molecule has 0 unspecified atom stereocenters. The van der Waals surface area contributed by atoms with E-state index in [1.807, 2.05) is 35.2 Å². The van der Waals surface area contributed by atoms with Crippen molar-refractivity contribution in [3.05, 3.63) is 65.0 Å². The molecule has 3 aromatic rings. The predicted molar refractivity (Wildman–Crippen MR) is 116 cm³/mol. The molecule has 6 heteroatoms. The Hall–Kier alpha value is -2.89. The Morgan fingerprint density at radius 3 is 2.45 bits per heavy atom. The molecule has 0 aliphatic heterocycles. The minimum Gasteiger partial charge on any atom is -0.467 e. The minimum atomic E-state index is -0.213. The van der Waals surface area contributed by atoms with Gasteiger partial charge >= 0.3 is 0 Å². The van der Waals surface area contributed by atoms with Gasteiger partial charge in [-0.1, -0.05) is 18.2 Å². The highest BCUT2D eigenvalue weighted by Gasteiger charge is 2.54. The van der Waals surface area contributed by atoms with E-state index in [4.69, 9.17) is 4.42 Å². The molecule has 0 saturated heterocycles. The number of furan rings is 1. The number of benzene rings is 1. The molecule has 1 aromatic carbocycles. The molecule has 4 aliphatic rings. The highest BCUT2D eigenvalue weighted by Crippen LogP contribution is 2.58. The maximum atomic E-state index is 13.7. The van der Waals surface area contributed by atoms with Gasteiger partial charge in [0.05, 0.1) is 24.4 Å². The van der Waals surface area contributed by atoms with Crippen LogP contribution in [0.3, 0.4) is 0 Å². The smallest absolute Gasteiger partial charge is 0.275 e. The third-order valence-corrected chi connectivity index (χ3v) is 7.82. The summed E-state index contributed by atoms with van der Waals surface area (Å²) in [5.41, 5.74) is -0.325. The number of hydrogen-bond acceptors (Lipinski definition) is 4. The van der Waals surface area contributed by atoms with Gasteiger partial charge in [0.1, 0.15) is 12.3 Å². The third-order valence-electron chi connectivity index (χ3n) is 7.82. The van der Waals surface area contributed by atoms with E-state index in [0.717, 1.165) is 48.2 Å². The number of hydrogen-bond donors (Lipinski definition) is 0. The van der Waals surface area contributed by atoms with Crippen molar-refractivity contribution in [2.75, 3.05) is 0 Å². The number of nitrogens with zero attached hydrogens (tertiary/aromatic N) is 3. The van der Waals surface area contributed by atoms with E-state index in [-0.39, 0.29) is 23.6 Å². The van der Waals surface area contributed by atoms with Gasteiger partial charge < -0.3 is 9.32 Å². The van der Waals surface area contributed by atoms with Gasteiger partial charge in [0.2, 0.25) is 5.91 Å². The first-order chi connectivity index (χ1) is 15.1. The Morgan fingerprint density at radius 2 is 1.77 bits per heavy atom. The zero-order chi connectivity index (χ0) is 21.0. The first-order valence-corrected chi connectivity index (χ1v) is 11.4. The molecule has 4 aliphatic carbocycles. The second-order valence-electron chi connectivity index (χ2n) is 9.90. The van der Waals surface area contributed by atoms with Crippen LogP contribution in [0.2, 0.25) is 0 Å². The van der Waals surface area contributed by atoms with Crippen molar-refractivity contribution < 1.29 is 9.21 Å². The molecule has 0 atom stereocenters. The fourth-order valence-corrected chi connectivity index (χ4v) is 6.93. The largest absolute Gasteiger partial charge is 0.467 e. The fourth-order valence-electron chi connectivity index (χ4n) is 6.93. The molecule has 0 N–H and O–H groups in total. The van der Waals surface area contributed by atoms with Crippen molar-refractivity contribution in [1.29, 1.82) is 0 Å². The number of carbonyl (C=O) groups excluding carboxylic acids is 1. The van der Waals surface area contributed by atoms with Gasteiger partial charge in [-0.05, 0) is 74.5 Å². The summed E-state index contributed by atoms with van der Waals surface area (Å²) in [6.45, 7) is 0.423. The van der Waals surface area contributed by atoms with Crippen LogP contribution < -0.4 is 5.56 Å². The topological polar surface area (TPSA) is 68.3 Å². The van der Waals surface area contributed by atoms with Crippen LogP contribution in [0.25, 0.3) is 10.8 Å². The second kappa shape index (κ2) is 7.08. The summed E-state index contributed by atoms with van der Waals surface area (Å²) in [7, 11) is 0. The Labute approximate surface area is 180 Å². The first-order valence-electron chi connectivity index (χ1n) is 11.4. The Balaban J connectivity index is 1.35. The lowest BCUT2D eigenvalue weighted by Crippen LogP contribution is -2.61. The van der Waals surface area contributed by atoms with Crippen LogP contribution in [-0.4, -0.2) is 26.1 Å². The number of carbonyl (C=O) groups is 1. The van der Waals surface area contributed by atoms with Crippen molar-refractivity contribution in [1.82, 2.24) is 14.7 Å². The molecule has 2 aromatic heterocycles. The molecule has 160 valence electrons. The number of rotatable bonds is 5. The molecule has 2 heterocycles. The molecule has 4 bridgehead atoms. The Kier molecular flexibility index (Phi) is 4.30. The SMILES string of the molecule is O=C(Cn1ncc2ccccc2c1=O)N(Cc1ccco1)C12CC3CC(CC(C3)C1)C2. The molecule has 6 nitrogen and oxygen atoms in total. The normalized spacial score (nSPS) is 28.8. The summed E-state index contributed by atoms with van der Waals surface area (Å²) in [5, 5.41) is 5.70. The molecular weight excluding hydrogens is 390 g/mol. The van der Waals surface area contributed by atoms with Crippen LogP contribution in [0.1, 0.15) is 44.3 Å². The van der Waals surface area contributed by atoms with E-state index in [9.17, 15) is 9.59 Å². The summed E-state index contributed by atoms with van der Waals surface area (Å²) in [6.07, 6.45) is 10.5. The van der Waals surface area contributed by atoms with Crippen molar-refractivity contribution in [3.63, 3.8) is 0 Å². The molecule has 0 radical (unpaired) electrons. The molecule has 4 saturated carbocycles. The van der Waals surface area contributed by atoms with Gasteiger partial charge in [-0.15, -0.1) is 0 Å². The molecule has 1 amide bonds. The minimum absolute atomic E-state index is 0.0356. The highest BCUT2D eigenvalue weighted by molar-refractivity contribution is 5.81. The Morgan fingerprint density at radius 1 is 1.06 bits per heavy atom. The van der Waals surface area contributed by atoms with E-state index >= 15 is 0 Å².